The second kappa shape index (κ2) is 9.92. The molecule has 0 unspecified atom stereocenters. The van der Waals surface area contributed by atoms with Crippen molar-refractivity contribution in [1.29, 1.82) is 5.26 Å². The maximum Gasteiger partial charge on any atom is 0.258 e. The molecule has 0 radical (unpaired) electrons. The number of hydrogen-bond acceptors (Lipinski definition) is 6. The number of imidazole rings is 1. The average molecular weight is 474 g/mol. The average Bonchev–Trinajstić information content (AvgIpc) is 3.19. The van der Waals surface area contributed by atoms with Gasteiger partial charge < -0.3 is 15.0 Å². The number of carbonyl (C=O) groups excluding carboxylic acids is 1. The van der Waals surface area contributed by atoms with Crippen LogP contribution in [0.5, 0.6) is 5.75 Å². The van der Waals surface area contributed by atoms with Crippen LogP contribution in [0.1, 0.15) is 36.2 Å². The van der Waals surface area contributed by atoms with Crippen LogP contribution in [0.2, 0.25) is 0 Å². The maximum absolute atomic E-state index is 13.0. The van der Waals surface area contributed by atoms with E-state index >= 15 is 0 Å². The van der Waals surface area contributed by atoms with Crippen LogP contribution in [0.3, 0.4) is 0 Å². The van der Waals surface area contributed by atoms with Crippen molar-refractivity contribution in [2.24, 2.45) is 0 Å². The summed E-state index contributed by atoms with van der Waals surface area (Å²) >= 11 is 1.51. The van der Waals surface area contributed by atoms with E-state index in [-0.39, 0.29) is 11.9 Å². The van der Waals surface area contributed by atoms with E-state index in [1.807, 2.05) is 43.3 Å². The van der Waals surface area contributed by atoms with E-state index in [1.54, 1.807) is 12.1 Å². The first-order valence-electron chi connectivity index (χ1n) is 11.6. The lowest BCUT2D eigenvalue weighted by molar-refractivity contribution is -0.117. The van der Waals surface area contributed by atoms with Gasteiger partial charge in [0.2, 0.25) is 0 Å². The van der Waals surface area contributed by atoms with E-state index in [0.29, 0.717) is 12.2 Å². The second-order valence-corrected chi connectivity index (χ2v) is 9.74. The number of carbonyl (C=O) groups is 1. The number of nitrogens with one attached hydrogen (secondary N) is 1. The summed E-state index contributed by atoms with van der Waals surface area (Å²) < 4.78 is 7.89. The highest BCUT2D eigenvalue weighted by Gasteiger charge is 2.25. The molecule has 2 aromatic heterocycles. The minimum absolute atomic E-state index is 0.00289. The number of rotatable bonds is 7. The molecule has 0 bridgehead atoms. The maximum atomic E-state index is 13.0. The number of nitriles is 1. The summed E-state index contributed by atoms with van der Waals surface area (Å²) in [5, 5.41) is 13.1. The SMILES string of the molecule is Cc1nc2cccc3n2c1C=C(C(=O)NC1CCN(CCCOc2ccc(C#N)cc2)CC1)S3. The van der Waals surface area contributed by atoms with Crippen LogP contribution in [0, 0.1) is 18.3 Å². The molecule has 1 fully saturated rings. The van der Waals surface area contributed by atoms with Crippen LogP contribution in [-0.4, -0.2) is 52.5 Å². The smallest absolute Gasteiger partial charge is 0.258 e. The van der Waals surface area contributed by atoms with Gasteiger partial charge in [-0.3, -0.25) is 9.20 Å². The third-order valence-corrected chi connectivity index (χ3v) is 7.38. The molecule has 34 heavy (non-hydrogen) atoms. The van der Waals surface area contributed by atoms with Crippen molar-refractivity contribution in [2.45, 2.75) is 37.3 Å². The number of hydrogen-bond donors (Lipinski definition) is 1. The predicted molar refractivity (Wildman–Crippen MR) is 133 cm³/mol. The molecule has 1 amide bonds. The summed E-state index contributed by atoms with van der Waals surface area (Å²) in [7, 11) is 0. The highest BCUT2D eigenvalue weighted by Crippen LogP contribution is 2.35. The highest BCUT2D eigenvalue weighted by atomic mass is 32.2. The Balaban J connectivity index is 1.07. The molecule has 1 aromatic carbocycles. The van der Waals surface area contributed by atoms with Crippen LogP contribution in [0.25, 0.3) is 11.7 Å². The van der Waals surface area contributed by atoms with Gasteiger partial charge >= 0.3 is 0 Å². The minimum atomic E-state index is 0.00289. The fraction of sp³-hybridized carbons (Fsp3) is 0.346. The number of aromatic nitrogens is 2. The molecule has 174 valence electrons. The summed E-state index contributed by atoms with van der Waals surface area (Å²) in [5.41, 5.74) is 3.49. The Morgan fingerprint density at radius 2 is 2.03 bits per heavy atom. The van der Waals surface area contributed by atoms with E-state index in [4.69, 9.17) is 10.00 Å². The lowest BCUT2D eigenvalue weighted by Crippen LogP contribution is -2.45. The molecular weight excluding hydrogens is 446 g/mol. The zero-order chi connectivity index (χ0) is 23.5. The first kappa shape index (κ1) is 22.5. The molecule has 1 N–H and O–H groups in total. The monoisotopic (exact) mass is 473 g/mol. The van der Waals surface area contributed by atoms with E-state index in [0.717, 1.165) is 71.6 Å². The van der Waals surface area contributed by atoms with Crippen LogP contribution >= 0.6 is 11.8 Å². The summed E-state index contributed by atoms with van der Waals surface area (Å²) in [6.07, 6.45) is 4.81. The van der Waals surface area contributed by atoms with Gasteiger partial charge in [0, 0.05) is 25.7 Å². The number of ether oxygens (including phenoxy) is 1. The van der Waals surface area contributed by atoms with Gasteiger partial charge in [0.1, 0.15) is 11.4 Å². The molecule has 0 spiro atoms. The highest BCUT2D eigenvalue weighted by molar-refractivity contribution is 8.04. The van der Waals surface area contributed by atoms with Gasteiger partial charge in [-0.05, 0) is 68.7 Å². The van der Waals surface area contributed by atoms with Crippen molar-refractivity contribution < 1.29 is 9.53 Å². The number of pyridine rings is 1. The van der Waals surface area contributed by atoms with Gasteiger partial charge in [0.05, 0.1) is 39.6 Å². The van der Waals surface area contributed by atoms with Crippen molar-refractivity contribution in [2.75, 3.05) is 26.2 Å². The van der Waals surface area contributed by atoms with Gasteiger partial charge in [-0.25, -0.2) is 4.98 Å². The van der Waals surface area contributed by atoms with Crippen molar-refractivity contribution in [1.82, 2.24) is 19.6 Å². The van der Waals surface area contributed by atoms with Crippen molar-refractivity contribution in [3.63, 3.8) is 0 Å². The molecule has 3 aromatic rings. The Morgan fingerprint density at radius 1 is 1.24 bits per heavy atom. The summed E-state index contributed by atoms with van der Waals surface area (Å²) in [6, 6.07) is 15.5. The summed E-state index contributed by atoms with van der Waals surface area (Å²) in [5.74, 6) is 0.799. The zero-order valence-corrected chi connectivity index (χ0v) is 20.0. The fourth-order valence-electron chi connectivity index (χ4n) is 4.49. The molecular formula is C26H27N5O2S. The van der Waals surface area contributed by atoms with Gasteiger partial charge in [-0.1, -0.05) is 17.8 Å². The van der Waals surface area contributed by atoms with Crippen molar-refractivity contribution in [3.8, 4) is 11.8 Å². The molecule has 2 aliphatic heterocycles. The van der Waals surface area contributed by atoms with Crippen LogP contribution in [0.4, 0.5) is 0 Å². The number of amides is 1. The first-order chi connectivity index (χ1) is 16.6. The molecule has 0 saturated carbocycles. The quantitative estimate of drug-likeness (QED) is 0.522. The predicted octanol–water partition coefficient (Wildman–Crippen LogP) is 4.01. The first-order valence-corrected chi connectivity index (χ1v) is 12.5. The van der Waals surface area contributed by atoms with E-state index < -0.39 is 0 Å². The topological polar surface area (TPSA) is 82.7 Å². The Kier molecular flexibility index (Phi) is 6.57. The lowest BCUT2D eigenvalue weighted by atomic mass is 10.0. The van der Waals surface area contributed by atoms with Gasteiger partial charge in [0.15, 0.2) is 0 Å². The zero-order valence-electron chi connectivity index (χ0n) is 19.2. The number of benzene rings is 1. The van der Waals surface area contributed by atoms with E-state index in [9.17, 15) is 4.79 Å². The van der Waals surface area contributed by atoms with E-state index in [2.05, 4.69) is 25.7 Å². The lowest BCUT2D eigenvalue weighted by Gasteiger charge is -2.32. The van der Waals surface area contributed by atoms with Crippen molar-refractivity contribution in [3.05, 3.63) is 64.3 Å². The van der Waals surface area contributed by atoms with E-state index in [1.165, 1.54) is 11.8 Å². The Bertz CT molecular complexity index is 1270. The molecule has 1 saturated heterocycles. The number of likely N-dealkylation sites (tertiary alicyclic amines) is 1. The van der Waals surface area contributed by atoms with Crippen LogP contribution in [0.15, 0.2) is 52.4 Å². The number of nitrogens with zero attached hydrogens (tertiary/aromatic N) is 4. The molecule has 0 atom stereocenters. The summed E-state index contributed by atoms with van der Waals surface area (Å²) in [4.78, 5) is 20.8. The third-order valence-electron chi connectivity index (χ3n) is 6.33. The third kappa shape index (κ3) is 4.81. The normalized spacial score (nSPS) is 16.2. The van der Waals surface area contributed by atoms with Gasteiger partial charge in [-0.2, -0.15) is 5.26 Å². The molecule has 8 heteroatoms. The fourth-order valence-corrected chi connectivity index (χ4v) is 5.46. The Labute approximate surface area is 203 Å². The molecule has 0 aliphatic carbocycles. The summed E-state index contributed by atoms with van der Waals surface area (Å²) in [6.45, 7) is 5.56. The number of thioether (sulfide) groups is 1. The van der Waals surface area contributed by atoms with Crippen LogP contribution in [-0.2, 0) is 4.79 Å². The largest absolute Gasteiger partial charge is 0.494 e. The molecule has 7 nitrogen and oxygen atoms in total. The minimum Gasteiger partial charge on any atom is -0.494 e. The molecule has 2 aliphatic rings. The van der Waals surface area contributed by atoms with Gasteiger partial charge in [-0.15, -0.1) is 0 Å². The number of aryl methyl sites for hydroxylation is 1. The standard InChI is InChI=1S/C26H27N5O2S/c1-18-22-16-23(34-25-5-2-4-24(28-18)31(22)25)26(32)29-20-10-13-30(14-11-20)12-3-15-33-21-8-6-19(17-27)7-9-21/h2,4-9,16,20H,3,10-15H2,1H3,(H,29,32). The van der Waals surface area contributed by atoms with Gasteiger partial charge in [0.25, 0.3) is 5.91 Å². The molecule has 4 heterocycles. The Morgan fingerprint density at radius 3 is 2.79 bits per heavy atom. The Hall–Kier alpha value is -3.28. The second-order valence-electron chi connectivity index (χ2n) is 8.68. The molecule has 5 rings (SSSR count). The van der Waals surface area contributed by atoms with Crippen molar-refractivity contribution >= 4 is 29.4 Å². The number of piperidine rings is 1. The van der Waals surface area contributed by atoms with Crippen LogP contribution < -0.4 is 10.1 Å².